The Kier molecular flexibility index (Phi) is 8.25. The smallest absolute Gasteiger partial charge is 0.221 e. The molecule has 34 heavy (non-hydrogen) atoms. The predicted octanol–water partition coefficient (Wildman–Crippen LogP) is 3.98. The SMILES string of the molecule is N#Cc1ccc(N2CCC(NC(=O)CCN3CCN(c4ccc(Cl)cc4)CC3)CC2)cc1CF. The van der Waals surface area contributed by atoms with E-state index in [1.54, 1.807) is 12.1 Å². The number of piperidine rings is 1. The van der Waals surface area contributed by atoms with Crippen molar-refractivity contribution in [3.05, 3.63) is 58.6 Å². The Morgan fingerprint density at radius 3 is 2.29 bits per heavy atom. The van der Waals surface area contributed by atoms with Crippen molar-refractivity contribution in [2.45, 2.75) is 32.0 Å². The molecule has 2 aliphatic heterocycles. The fourth-order valence-corrected chi connectivity index (χ4v) is 4.85. The first-order chi connectivity index (χ1) is 16.6. The Balaban J connectivity index is 1.16. The molecule has 0 aromatic heterocycles. The molecule has 4 rings (SSSR count). The van der Waals surface area contributed by atoms with Gasteiger partial charge in [-0.25, -0.2) is 4.39 Å². The number of hydrogen-bond donors (Lipinski definition) is 1. The van der Waals surface area contributed by atoms with Gasteiger partial charge in [0.25, 0.3) is 0 Å². The van der Waals surface area contributed by atoms with E-state index < -0.39 is 6.67 Å². The molecule has 0 spiro atoms. The predicted molar refractivity (Wildman–Crippen MR) is 134 cm³/mol. The van der Waals surface area contributed by atoms with E-state index in [0.717, 1.165) is 69.4 Å². The average Bonchev–Trinajstić information content (AvgIpc) is 2.88. The minimum atomic E-state index is -0.639. The molecule has 1 N–H and O–H groups in total. The van der Waals surface area contributed by atoms with E-state index in [2.05, 4.69) is 32.1 Å². The van der Waals surface area contributed by atoms with Crippen LogP contribution in [0.2, 0.25) is 5.02 Å². The van der Waals surface area contributed by atoms with Crippen LogP contribution in [-0.4, -0.2) is 62.7 Å². The van der Waals surface area contributed by atoms with Gasteiger partial charge in [-0.05, 0) is 55.3 Å². The molecule has 0 saturated carbocycles. The number of carbonyl (C=O) groups excluding carboxylic acids is 1. The molecule has 2 fully saturated rings. The van der Waals surface area contributed by atoms with Crippen LogP contribution in [0, 0.1) is 11.3 Å². The van der Waals surface area contributed by atoms with Gasteiger partial charge in [0.1, 0.15) is 6.67 Å². The zero-order valence-corrected chi connectivity index (χ0v) is 20.1. The fourth-order valence-electron chi connectivity index (χ4n) is 4.72. The van der Waals surface area contributed by atoms with Crippen molar-refractivity contribution in [2.75, 3.05) is 55.6 Å². The molecule has 2 saturated heterocycles. The minimum Gasteiger partial charge on any atom is -0.371 e. The Morgan fingerprint density at radius 2 is 1.65 bits per heavy atom. The van der Waals surface area contributed by atoms with Gasteiger partial charge >= 0.3 is 0 Å². The van der Waals surface area contributed by atoms with Crippen molar-refractivity contribution in [1.82, 2.24) is 10.2 Å². The van der Waals surface area contributed by atoms with E-state index >= 15 is 0 Å². The van der Waals surface area contributed by atoms with Gasteiger partial charge in [0.2, 0.25) is 5.91 Å². The zero-order chi connectivity index (χ0) is 23.9. The monoisotopic (exact) mass is 483 g/mol. The highest BCUT2D eigenvalue weighted by Crippen LogP contribution is 2.24. The molecular formula is C26H31ClFN5O. The molecule has 0 aliphatic carbocycles. The highest BCUT2D eigenvalue weighted by atomic mass is 35.5. The second kappa shape index (κ2) is 11.5. The number of amides is 1. The maximum atomic E-state index is 13.2. The molecule has 2 aliphatic rings. The van der Waals surface area contributed by atoms with Crippen LogP contribution in [0.15, 0.2) is 42.5 Å². The number of benzene rings is 2. The molecular weight excluding hydrogens is 453 g/mol. The molecule has 0 bridgehead atoms. The summed E-state index contributed by atoms with van der Waals surface area (Å²) in [7, 11) is 0. The Hall–Kier alpha value is -2.82. The van der Waals surface area contributed by atoms with Gasteiger partial charge < -0.3 is 15.1 Å². The number of rotatable bonds is 7. The molecule has 2 aromatic rings. The lowest BCUT2D eigenvalue weighted by Gasteiger charge is -2.36. The van der Waals surface area contributed by atoms with Crippen molar-refractivity contribution < 1.29 is 9.18 Å². The zero-order valence-electron chi connectivity index (χ0n) is 19.4. The third kappa shape index (κ3) is 6.19. The maximum absolute atomic E-state index is 13.2. The quantitative estimate of drug-likeness (QED) is 0.645. The molecule has 2 aromatic carbocycles. The summed E-state index contributed by atoms with van der Waals surface area (Å²) in [5.74, 6) is 0.108. The first-order valence-corrected chi connectivity index (χ1v) is 12.3. The number of hydrogen-bond acceptors (Lipinski definition) is 5. The number of piperazine rings is 1. The van der Waals surface area contributed by atoms with E-state index in [1.165, 1.54) is 5.69 Å². The lowest BCUT2D eigenvalue weighted by molar-refractivity contribution is -0.122. The molecule has 0 unspecified atom stereocenters. The maximum Gasteiger partial charge on any atom is 0.221 e. The summed E-state index contributed by atoms with van der Waals surface area (Å²) in [6, 6.07) is 15.5. The van der Waals surface area contributed by atoms with Crippen molar-refractivity contribution in [3.8, 4) is 6.07 Å². The third-order valence-corrected chi connectivity index (χ3v) is 7.05. The summed E-state index contributed by atoms with van der Waals surface area (Å²) in [5.41, 5.74) is 2.95. The van der Waals surface area contributed by atoms with E-state index in [4.69, 9.17) is 16.9 Å². The van der Waals surface area contributed by atoms with E-state index in [1.807, 2.05) is 24.3 Å². The molecule has 1 amide bonds. The molecule has 0 radical (unpaired) electrons. The highest BCUT2D eigenvalue weighted by molar-refractivity contribution is 6.30. The van der Waals surface area contributed by atoms with Crippen LogP contribution in [0.3, 0.4) is 0 Å². The van der Waals surface area contributed by atoms with Crippen LogP contribution in [0.1, 0.15) is 30.4 Å². The summed E-state index contributed by atoms with van der Waals surface area (Å²) in [5, 5.41) is 13.0. The first-order valence-electron chi connectivity index (χ1n) is 11.9. The van der Waals surface area contributed by atoms with E-state index in [0.29, 0.717) is 17.5 Å². The van der Waals surface area contributed by atoms with Crippen LogP contribution in [-0.2, 0) is 11.5 Å². The molecule has 2 heterocycles. The highest BCUT2D eigenvalue weighted by Gasteiger charge is 2.22. The fraction of sp³-hybridized carbons (Fsp3) is 0.462. The third-order valence-electron chi connectivity index (χ3n) is 6.80. The molecule has 180 valence electrons. The number of anilines is 2. The van der Waals surface area contributed by atoms with Crippen molar-refractivity contribution in [1.29, 1.82) is 5.26 Å². The van der Waals surface area contributed by atoms with Crippen LogP contribution in [0.4, 0.5) is 15.8 Å². The van der Waals surface area contributed by atoms with Gasteiger partial charge in [0, 0.05) is 80.2 Å². The molecule has 0 atom stereocenters. The van der Waals surface area contributed by atoms with Crippen LogP contribution >= 0.6 is 11.6 Å². The summed E-state index contributed by atoms with van der Waals surface area (Å²) >= 11 is 5.98. The second-order valence-corrected chi connectivity index (χ2v) is 9.41. The Bertz CT molecular complexity index is 1010. The number of nitriles is 1. The second-order valence-electron chi connectivity index (χ2n) is 8.97. The van der Waals surface area contributed by atoms with Gasteiger partial charge in [-0.2, -0.15) is 5.26 Å². The van der Waals surface area contributed by atoms with Crippen molar-refractivity contribution in [2.24, 2.45) is 0 Å². The summed E-state index contributed by atoms with van der Waals surface area (Å²) < 4.78 is 13.2. The van der Waals surface area contributed by atoms with Gasteiger partial charge in [-0.15, -0.1) is 0 Å². The number of carbonyl (C=O) groups is 1. The summed E-state index contributed by atoms with van der Waals surface area (Å²) in [6.07, 6.45) is 2.23. The standard InChI is InChI=1S/C26H31ClFN5O/c27-22-2-5-24(6-3-22)33-15-13-31(14-16-33)10-9-26(34)30-23-7-11-32(12-8-23)25-4-1-20(19-29)21(17-25)18-28/h1-6,17,23H,7-16,18H2,(H,30,34). The normalized spacial score (nSPS) is 17.4. The number of halogens is 2. The molecule has 8 heteroatoms. The van der Waals surface area contributed by atoms with Gasteiger partial charge in [0.05, 0.1) is 11.6 Å². The van der Waals surface area contributed by atoms with Crippen molar-refractivity contribution in [3.63, 3.8) is 0 Å². The lowest BCUT2D eigenvalue weighted by Crippen LogP contribution is -2.48. The van der Waals surface area contributed by atoms with Crippen molar-refractivity contribution >= 4 is 28.9 Å². The average molecular weight is 484 g/mol. The number of alkyl halides is 1. The topological polar surface area (TPSA) is 62.6 Å². The van der Waals surface area contributed by atoms with Gasteiger partial charge in [-0.3, -0.25) is 9.69 Å². The van der Waals surface area contributed by atoms with Gasteiger partial charge in [-0.1, -0.05) is 11.6 Å². The van der Waals surface area contributed by atoms with Gasteiger partial charge in [0.15, 0.2) is 0 Å². The van der Waals surface area contributed by atoms with E-state index in [-0.39, 0.29) is 11.9 Å². The van der Waals surface area contributed by atoms with Crippen LogP contribution in [0.25, 0.3) is 0 Å². The van der Waals surface area contributed by atoms with E-state index in [9.17, 15) is 9.18 Å². The Morgan fingerprint density at radius 1 is 1.00 bits per heavy atom. The minimum absolute atomic E-state index is 0.108. The number of nitrogens with one attached hydrogen (secondary N) is 1. The summed E-state index contributed by atoms with van der Waals surface area (Å²) in [4.78, 5) is 19.4. The molecule has 6 nitrogen and oxygen atoms in total. The lowest BCUT2D eigenvalue weighted by atomic mass is 10.0. The Labute approximate surface area is 205 Å². The van der Waals surface area contributed by atoms with Crippen LogP contribution in [0.5, 0.6) is 0 Å². The first kappa shape index (κ1) is 24.3. The number of nitrogens with zero attached hydrogens (tertiary/aromatic N) is 4. The summed E-state index contributed by atoms with van der Waals surface area (Å²) in [6.45, 7) is 5.52. The largest absolute Gasteiger partial charge is 0.371 e. The van der Waals surface area contributed by atoms with Crippen LogP contribution < -0.4 is 15.1 Å².